The first kappa shape index (κ1) is 12.5. The zero-order valence-electron chi connectivity index (χ0n) is 11.1. The molecule has 102 valence electrons. The summed E-state index contributed by atoms with van der Waals surface area (Å²) in [5, 5.41) is 9.33. The van der Waals surface area contributed by atoms with Gasteiger partial charge >= 0.3 is 5.97 Å². The van der Waals surface area contributed by atoms with E-state index in [9.17, 15) is 9.90 Å². The van der Waals surface area contributed by atoms with E-state index in [2.05, 4.69) is 14.9 Å². The number of carbonyl (C=O) groups is 1. The van der Waals surface area contributed by atoms with Gasteiger partial charge in [-0.3, -0.25) is 19.7 Å². The van der Waals surface area contributed by atoms with E-state index in [4.69, 9.17) is 0 Å². The second kappa shape index (κ2) is 4.89. The number of rotatable bonds is 4. The molecule has 1 saturated carbocycles. The number of carboxylic acids is 1. The van der Waals surface area contributed by atoms with Crippen LogP contribution in [0.5, 0.6) is 0 Å². The van der Waals surface area contributed by atoms with Gasteiger partial charge in [0.15, 0.2) is 0 Å². The summed E-state index contributed by atoms with van der Waals surface area (Å²) in [6.45, 7) is 4.15. The number of aryl methyl sites for hydroxylation is 1. The summed E-state index contributed by atoms with van der Waals surface area (Å²) in [6.07, 6.45) is 5.95. The highest BCUT2D eigenvalue weighted by molar-refractivity contribution is 5.71. The lowest BCUT2D eigenvalue weighted by Gasteiger charge is -2.14. The molecule has 19 heavy (non-hydrogen) atoms. The predicted molar refractivity (Wildman–Crippen MR) is 69.4 cm³/mol. The largest absolute Gasteiger partial charge is 0.481 e. The molecule has 0 spiro atoms. The van der Waals surface area contributed by atoms with Gasteiger partial charge in [-0.15, -0.1) is 0 Å². The van der Waals surface area contributed by atoms with Crippen LogP contribution in [0.1, 0.15) is 24.2 Å². The number of hydrogen-bond acceptors (Lipinski definition) is 4. The first-order valence-corrected chi connectivity index (χ1v) is 6.86. The molecule has 0 amide bonds. The molecule has 1 aliphatic carbocycles. The minimum absolute atomic E-state index is 0.203. The van der Waals surface area contributed by atoms with Gasteiger partial charge in [0.2, 0.25) is 0 Å². The molecule has 1 N–H and O–H groups in total. The molecule has 5 nitrogen and oxygen atoms in total. The van der Waals surface area contributed by atoms with E-state index in [0.717, 1.165) is 17.9 Å². The van der Waals surface area contributed by atoms with Crippen LogP contribution in [0.15, 0.2) is 12.4 Å². The molecule has 0 bridgehead atoms. The van der Waals surface area contributed by atoms with Crippen molar-refractivity contribution in [1.29, 1.82) is 0 Å². The molecule has 1 aromatic heterocycles. The van der Waals surface area contributed by atoms with Gasteiger partial charge in [-0.05, 0) is 31.6 Å². The van der Waals surface area contributed by atoms with Crippen LogP contribution >= 0.6 is 0 Å². The Morgan fingerprint density at radius 2 is 2.16 bits per heavy atom. The van der Waals surface area contributed by atoms with E-state index in [-0.39, 0.29) is 5.92 Å². The van der Waals surface area contributed by atoms with Crippen molar-refractivity contribution >= 4 is 5.97 Å². The summed E-state index contributed by atoms with van der Waals surface area (Å²) in [5.74, 6) is 0.117. The predicted octanol–water partition coefficient (Wildman–Crippen LogP) is 1.33. The van der Waals surface area contributed by atoms with E-state index >= 15 is 0 Å². The van der Waals surface area contributed by atoms with Gasteiger partial charge in [-0.25, -0.2) is 0 Å². The zero-order valence-corrected chi connectivity index (χ0v) is 11.1. The summed E-state index contributed by atoms with van der Waals surface area (Å²) in [7, 11) is 0. The molecule has 3 rings (SSSR count). The Kier molecular flexibility index (Phi) is 3.22. The van der Waals surface area contributed by atoms with Crippen LogP contribution in [0.4, 0.5) is 0 Å². The molecule has 2 aliphatic rings. The van der Waals surface area contributed by atoms with Crippen LogP contribution in [-0.2, 0) is 11.3 Å². The Bertz CT molecular complexity index is 470. The van der Waals surface area contributed by atoms with Gasteiger partial charge in [-0.1, -0.05) is 0 Å². The van der Waals surface area contributed by atoms with Crippen molar-refractivity contribution < 1.29 is 9.90 Å². The fourth-order valence-corrected chi connectivity index (χ4v) is 3.04. The lowest BCUT2D eigenvalue weighted by molar-refractivity contribution is -0.142. The molecular formula is C14H19N3O2. The Labute approximate surface area is 112 Å². The molecule has 0 aromatic carbocycles. The SMILES string of the molecule is Cc1cnc(CN2C[C@@H](C(=O)O)[C@H](C3CC3)C2)cn1. The second-order valence-electron chi connectivity index (χ2n) is 5.79. The summed E-state index contributed by atoms with van der Waals surface area (Å²) in [6, 6.07) is 0. The summed E-state index contributed by atoms with van der Waals surface area (Å²) in [5.41, 5.74) is 1.83. The van der Waals surface area contributed by atoms with Crippen LogP contribution < -0.4 is 0 Å². The maximum Gasteiger partial charge on any atom is 0.308 e. The highest BCUT2D eigenvalue weighted by Gasteiger charge is 2.45. The first-order valence-electron chi connectivity index (χ1n) is 6.86. The van der Waals surface area contributed by atoms with Gasteiger partial charge in [-0.2, -0.15) is 0 Å². The minimum atomic E-state index is -0.644. The molecule has 1 saturated heterocycles. The normalized spacial score (nSPS) is 27.6. The molecule has 2 fully saturated rings. The van der Waals surface area contributed by atoms with Gasteiger partial charge in [0, 0.05) is 32.0 Å². The van der Waals surface area contributed by atoms with Gasteiger partial charge in [0.05, 0.1) is 17.3 Å². The highest BCUT2D eigenvalue weighted by atomic mass is 16.4. The molecular weight excluding hydrogens is 242 g/mol. The summed E-state index contributed by atoms with van der Waals surface area (Å²) in [4.78, 5) is 22.1. The average molecular weight is 261 g/mol. The topological polar surface area (TPSA) is 66.3 Å². The molecule has 0 unspecified atom stereocenters. The lowest BCUT2D eigenvalue weighted by Crippen LogP contribution is -2.24. The summed E-state index contributed by atoms with van der Waals surface area (Å²) < 4.78 is 0. The van der Waals surface area contributed by atoms with Crippen molar-refractivity contribution in [2.75, 3.05) is 13.1 Å². The van der Waals surface area contributed by atoms with Crippen molar-refractivity contribution in [2.24, 2.45) is 17.8 Å². The Balaban J connectivity index is 1.66. The third-order valence-corrected chi connectivity index (χ3v) is 4.21. The van der Waals surface area contributed by atoms with Crippen LogP contribution in [0.25, 0.3) is 0 Å². The second-order valence-corrected chi connectivity index (χ2v) is 5.79. The van der Waals surface area contributed by atoms with Crippen LogP contribution in [0.2, 0.25) is 0 Å². The van der Waals surface area contributed by atoms with E-state index in [1.54, 1.807) is 12.4 Å². The van der Waals surface area contributed by atoms with Gasteiger partial charge < -0.3 is 5.11 Å². The van der Waals surface area contributed by atoms with Gasteiger partial charge in [0.25, 0.3) is 0 Å². The van der Waals surface area contributed by atoms with Crippen LogP contribution in [0, 0.1) is 24.7 Å². The standard InChI is InChI=1S/C14H19N3O2/c1-9-4-16-11(5-15-9)6-17-7-12(10-2-3-10)13(8-17)14(18)19/h4-5,10,12-13H,2-3,6-8H2,1H3,(H,18,19)/t12-,13+/m0/s1. The molecule has 1 aromatic rings. The molecule has 2 atom stereocenters. The Morgan fingerprint density at radius 1 is 1.37 bits per heavy atom. The zero-order chi connectivity index (χ0) is 13.4. The van der Waals surface area contributed by atoms with Crippen LogP contribution in [-0.4, -0.2) is 39.0 Å². The van der Waals surface area contributed by atoms with Crippen molar-refractivity contribution in [3.05, 3.63) is 23.8 Å². The Morgan fingerprint density at radius 3 is 2.74 bits per heavy atom. The number of likely N-dealkylation sites (tertiary alicyclic amines) is 1. The average Bonchev–Trinajstić information content (AvgIpc) is 3.13. The quantitative estimate of drug-likeness (QED) is 0.885. The number of hydrogen-bond donors (Lipinski definition) is 1. The Hall–Kier alpha value is -1.49. The van der Waals surface area contributed by atoms with Gasteiger partial charge in [0.1, 0.15) is 0 Å². The fourth-order valence-electron chi connectivity index (χ4n) is 3.04. The minimum Gasteiger partial charge on any atom is -0.481 e. The van der Waals surface area contributed by atoms with Crippen molar-refractivity contribution in [1.82, 2.24) is 14.9 Å². The van der Waals surface area contributed by atoms with E-state index in [0.29, 0.717) is 24.9 Å². The van der Waals surface area contributed by atoms with E-state index < -0.39 is 5.97 Å². The number of carboxylic acid groups (broad SMARTS) is 1. The van der Waals surface area contributed by atoms with Crippen molar-refractivity contribution in [2.45, 2.75) is 26.3 Å². The molecule has 5 heteroatoms. The monoisotopic (exact) mass is 261 g/mol. The maximum atomic E-state index is 11.3. The number of aliphatic carboxylic acids is 1. The molecule has 2 heterocycles. The number of aromatic nitrogens is 2. The fraction of sp³-hybridized carbons (Fsp3) is 0.643. The molecule has 0 radical (unpaired) electrons. The van der Waals surface area contributed by atoms with E-state index in [1.165, 1.54) is 12.8 Å². The smallest absolute Gasteiger partial charge is 0.308 e. The lowest BCUT2D eigenvalue weighted by atomic mass is 9.92. The molecule has 1 aliphatic heterocycles. The van der Waals surface area contributed by atoms with Crippen LogP contribution in [0.3, 0.4) is 0 Å². The number of nitrogens with zero attached hydrogens (tertiary/aromatic N) is 3. The van der Waals surface area contributed by atoms with E-state index in [1.807, 2.05) is 6.92 Å². The summed E-state index contributed by atoms with van der Waals surface area (Å²) >= 11 is 0. The third-order valence-electron chi connectivity index (χ3n) is 4.21. The first-order chi connectivity index (χ1) is 9.13. The van der Waals surface area contributed by atoms with Crippen molar-refractivity contribution in [3.8, 4) is 0 Å². The third kappa shape index (κ3) is 2.76. The van der Waals surface area contributed by atoms with Crippen molar-refractivity contribution in [3.63, 3.8) is 0 Å². The maximum absolute atomic E-state index is 11.3. The highest BCUT2D eigenvalue weighted by Crippen LogP contribution is 2.44.